The Morgan fingerprint density at radius 3 is 2.52 bits per heavy atom. The van der Waals surface area contributed by atoms with E-state index in [4.69, 9.17) is 9.72 Å². The van der Waals surface area contributed by atoms with Gasteiger partial charge in [0.25, 0.3) is 5.91 Å². The summed E-state index contributed by atoms with van der Waals surface area (Å²) in [6.07, 6.45) is 1.44. The van der Waals surface area contributed by atoms with E-state index in [1.807, 2.05) is 48.5 Å². The molecular weight excluding hydrogens is 393 g/mol. The molecule has 0 aliphatic heterocycles. The molecule has 0 radical (unpaired) electrons. The first kappa shape index (κ1) is 20.6. The molecular formula is C25H24FN3O2. The molecule has 0 bridgehead atoms. The number of benzene rings is 3. The number of carbonyl (C=O) groups is 1. The minimum absolute atomic E-state index is 0.223. The van der Waals surface area contributed by atoms with Gasteiger partial charge >= 0.3 is 0 Å². The monoisotopic (exact) mass is 417 g/mol. The van der Waals surface area contributed by atoms with Crippen molar-refractivity contribution in [2.45, 2.75) is 19.4 Å². The van der Waals surface area contributed by atoms with Crippen molar-refractivity contribution in [2.75, 3.05) is 13.2 Å². The summed E-state index contributed by atoms with van der Waals surface area (Å²) in [5, 5.41) is 2.89. The lowest BCUT2D eigenvalue weighted by Crippen LogP contribution is -2.26. The maximum atomic E-state index is 13.0. The van der Waals surface area contributed by atoms with Crippen molar-refractivity contribution in [3.63, 3.8) is 0 Å². The number of ether oxygens (including phenoxy) is 1. The molecule has 4 aromatic rings. The highest BCUT2D eigenvalue weighted by Crippen LogP contribution is 2.17. The van der Waals surface area contributed by atoms with E-state index in [2.05, 4.69) is 16.0 Å². The molecule has 1 amide bonds. The van der Waals surface area contributed by atoms with Gasteiger partial charge in [-0.3, -0.25) is 4.79 Å². The van der Waals surface area contributed by atoms with Crippen LogP contribution >= 0.6 is 0 Å². The number of carbonyl (C=O) groups excluding carboxylic acids is 1. The summed E-state index contributed by atoms with van der Waals surface area (Å²) in [4.78, 5) is 17.0. The van der Waals surface area contributed by atoms with Crippen molar-refractivity contribution in [1.82, 2.24) is 14.9 Å². The highest BCUT2D eigenvalue weighted by atomic mass is 19.1. The Bertz CT molecular complexity index is 1140. The molecule has 31 heavy (non-hydrogen) atoms. The van der Waals surface area contributed by atoms with E-state index in [0.717, 1.165) is 35.6 Å². The quantitative estimate of drug-likeness (QED) is 0.405. The molecule has 0 spiro atoms. The molecule has 3 aromatic carbocycles. The number of imidazole rings is 1. The van der Waals surface area contributed by atoms with E-state index >= 15 is 0 Å². The number of aryl methyl sites for hydroxylation is 1. The van der Waals surface area contributed by atoms with Crippen LogP contribution in [-0.4, -0.2) is 28.6 Å². The number of hydrogen-bond acceptors (Lipinski definition) is 3. The molecule has 1 aromatic heterocycles. The summed E-state index contributed by atoms with van der Waals surface area (Å²) < 4.78 is 21.0. The molecule has 4 rings (SSSR count). The van der Waals surface area contributed by atoms with Gasteiger partial charge in [0.1, 0.15) is 17.4 Å². The second-order valence-corrected chi connectivity index (χ2v) is 7.20. The van der Waals surface area contributed by atoms with E-state index in [9.17, 15) is 9.18 Å². The largest absolute Gasteiger partial charge is 0.494 e. The Balaban J connectivity index is 1.37. The zero-order chi connectivity index (χ0) is 21.5. The average molecular weight is 417 g/mol. The lowest BCUT2D eigenvalue weighted by atomic mass is 10.2. The third-order valence-electron chi connectivity index (χ3n) is 5.01. The second kappa shape index (κ2) is 9.89. The van der Waals surface area contributed by atoms with Gasteiger partial charge in [0.05, 0.1) is 17.6 Å². The Morgan fingerprint density at radius 2 is 1.71 bits per heavy atom. The summed E-state index contributed by atoms with van der Waals surface area (Å²) in [6.45, 7) is 1.83. The van der Waals surface area contributed by atoms with Crippen LogP contribution in [0.4, 0.5) is 4.39 Å². The first-order chi connectivity index (χ1) is 15.2. The van der Waals surface area contributed by atoms with E-state index in [0.29, 0.717) is 25.1 Å². The van der Waals surface area contributed by atoms with Gasteiger partial charge in [-0.05, 0) is 55.0 Å². The summed E-state index contributed by atoms with van der Waals surface area (Å²) in [5.41, 5.74) is 2.45. The van der Waals surface area contributed by atoms with E-state index in [1.165, 1.54) is 24.3 Å². The van der Waals surface area contributed by atoms with Crippen molar-refractivity contribution in [3.05, 3.63) is 96.1 Å². The first-order valence-electron chi connectivity index (χ1n) is 10.4. The molecule has 1 N–H and O–H groups in total. The van der Waals surface area contributed by atoms with E-state index in [1.54, 1.807) is 0 Å². The Kier molecular flexibility index (Phi) is 6.57. The van der Waals surface area contributed by atoms with Gasteiger partial charge in [-0.25, -0.2) is 9.37 Å². The molecule has 5 nitrogen and oxygen atoms in total. The summed E-state index contributed by atoms with van der Waals surface area (Å²) in [6, 6.07) is 23.3. The molecule has 1 heterocycles. The van der Waals surface area contributed by atoms with Crippen LogP contribution in [-0.2, 0) is 13.0 Å². The maximum absolute atomic E-state index is 13.0. The number of rotatable bonds is 9. The van der Waals surface area contributed by atoms with Gasteiger partial charge in [-0.2, -0.15) is 0 Å². The van der Waals surface area contributed by atoms with E-state index < -0.39 is 0 Å². The van der Waals surface area contributed by atoms with Gasteiger partial charge in [0.2, 0.25) is 0 Å². The maximum Gasteiger partial charge on any atom is 0.251 e. The third-order valence-corrected chi connectivity index (χ3v) is 5.01. The van der Waals surface area contributed by atoms with E-state index in [-0.39, 0.29) is 11.7 Å². The molecule has 0 aliphatic carbocycles. The van der Waals surface area contributed by atoms with Gasteiger partial charge in [0.15, 0.2) is 0 Å². The zero-order valence-electron chi connectivity index (χ0n) is 17.1. The van der Waals surface area contributed by atoms with Crippen molar-refractivity contribution < 1.29 is 13.9 Å². The number of para-hydroxylation sites is 3. The Labute approximate surface area is 180 Å². The first-order valence-corrected chi connectivity index (χ1v) is 10.4. The predicted molar refractivity (Wildman–Crippen MR) is 119 cm³/mol. The van der Waals surface area contributed by atoms with Gasteiger partial charge < -0.3 is 14.6 Å². The van der Waals surface area contributed by atoms with Crippen LogP contribution < -0.4 is 10.1 Å². The molecule has 0 saturated heterocycles. The molecule has 0 unspecified atom stereocenters. The van der Waals surface area contributed by atoms with Crippen LogP contribution in [0.15, 0.2) is 78.9 Å². The molecule has 158 valence electrons. The third kappa shape index (κ3) is 5.28. The lowest BCUT2D eigenvalue weighted by Gasteiger charge is -2.11. The van der Waals surface area contributed by atoms with Crippen LogP contribution in [0, 0.1) is 5.82 Å². The fourth-order valence-electron chi connectivity index (χ4n) is 3.49. The second-order valence-electron chi connectivity index (χ2n) is 7.20. The summed E-state index contributed by atoms with van der Waals surface area (Å²) in [7, 11) is 0. The van der Waals surface area contributed by atoms with Gasteiger partial charge in [0, 0.05) is 25.1 Å². The van der Waals surface area contributed by atoms with Crippen molar-refractivity contribution in [3.8, 4) is 5.75 Å². The minimum atomic E-state index is -0.360. The van der Waals surface area contributed by atoms with Crippen molar-refractivity contribution in [2.24, 2.45) is 0 Å². The van der Waals surface area contributed by atoms with Gasteiger partial charge in [-0.15, -0.1) is 0 Å². The Morgan fingerprint density at radius 1 is 0.968 bits per heavy atom. The highest BCUT2D eigenvalue weighted by Gasteiger charge is 2.11. The molecule has 0 atom stereocenters. The van der Waals surface area contributed by atoms with Crippen molar-refractivity contribution in [1.29, 1.82) is 0 Å². The van der Waals surface area contributed by atoms with Crippen LogP contribution in [0.2, 0.25) is 0 Å². The van der Waals surface area contributed by atoms with Crippen LogP contribution in [0.3, 0.4) is 0 Å². The molecule has 6 heteroatoms. The van der Waals surface area contributed by atoms with Crippen LogP contribution in [0.25, 0.3) is 11.0 Å². The molecule has 0 saturated carbocycles. The van der Waals surface area contributed by atoms with Gasteiger partial charge in [-0.1, -0.05) is 30.3 Å². The fraction of sp³-hybridized carbons (Fsp3) is 0.200. The lowest BCUT2D eigenvalue weighted by molar-refractivity contribution is 0.0954. The van der Waals surface area contributed by atoms with Crippen LogP contribution in [0.1, 0.15) is 22.6 Å². The van der Waals surface area contributed by atoms with Crippen molar-refractivity contribution >= 4 is 16.9 Å². The number of nitrogens with zero attached hydrogens (tertiary/aromatic N) is 2. The predicted octanol–water partition coefficient (Wildman–Crippen LogP) is 4.62. The standard InChI is InChI=1S/C25H24FN3O2/c26-20-13-11-19(12-14-20)25(30)27-16-15-24-28-22-9-4-5-10-23(22)29(24)17-6-18-31-21-7-2-1-3-8-21/h1-5,7-14H,6,15-18H2,(H,27,30). The number of amides is 1. The number of hydrogen-bond donors (Lipinski definition) is 1. The number of aromatic nitrogens is 2. The number of nitrogens with one attached hydrogen (secondary N) is 1. The van der Waals surface area contributed by atoms with Crippen LogP contribution in [0.5, 0.6) is 5.75 Å². The molecule has 0 aliphatic rings. The summed E-state index contributed by atoms with van der Waals surface area (Å²) >= 11 is 0. The number of halogens is 1. The minimum Gasteiger partial charge on any atom is -0.494 e. The smallest absolute Gasteiger partial charge is 0.251 e. The Hall–Kier alpha value is -3.67. The topological polar surface area (TPSA) is 56.2 Å². The number of fused-ring (bicyclic) bond motifs is 1. The normalized spacial score (nSPS) is 10.9. The zero-order valence-corrected chi connectivity index (χ0v) is 17.1. The average Bonchev–Trinajstić information content (AvgIpc) is 3.15. The molecule has 0 fully saturated rings. The SMILES string of the molecule is O=C(NCCc1nc2ccccc2n1CCCOc1ccccc1)c1ccc(F)cc1. The fourth-order valence-corrected chi connectivity index (χ4v) is 3.49. The highest BCUT2D eigenvalue weighted by molar-refractivity contribution is 5.94. The summed E-state index contributed by atoms with van der Waals surface area (Å²) in [5.74, 6) is 1.20.